The van der Waals surface area contributed by atoms with Gasteiger partial charge in [0.05, 0.1) is 5.69 Å². The normalized spacial score (nSPS) is 21.2. The predicted octanol–water partition coefficient (Wildman–Crippen LogP) is 1.15. The first kappa shape index (κ1) is 15.5. The molecular formula is C18H24N6. The van der Waals surface area contributed by atoms with E-state index in [1.54, 1.807) is 6.20 Å². The zero-order valence-corrected chi connectivity index (χ0v) is 13.9. The minimum Gasteiger partial charge on any atom is -0.355 e. The highest BCUT2D eigenvalue weighted by Gasteiger charge is 2.24. The molecule has 0 amide bonds. The van der Waals surface area contributed by atoms with Crippen molar-refractivity contribution in [3.63, 3.8) is 0 Å². The summed E-state index contributed by atoms with van der Waals surface area (Å²) in [7, 11) is 0. The topological polar surface area (TPSA) is 80.0 Å². The van der Waals surface area contributed by atoms with Gasteiger partial charge in [0.1, 0.15) is 5.82 Å². The first-order chi connectivity index (χ1) is 11.8. The molecule has 1 unspecified atom stereocenters. The maximum Gasteiger partial charge on any atom is 0.163 e. The van der Waals surface area contributed by atoms with Crippen molar-refractivity contribution in [3.8, 4) is 11.4 Å². The highest BCUT2D eigenvalue weighted by atomic mass is 15.2. The van der Waals surface area contributed by atoms with Crippen molar-refractivity contribution in [1.29, 1.82) is 0 Å². The van der Waals surface area contributed by atoms with Crippen molar-refractivity contribution in [2.45, 2.75) is 31.7 Å². The van der Waals surface area contributed by atoms with Crippen LogP contribution in [0.15, 0.2) is 24.5 Å². The maximum absolute atomic E-state index is 6.21. The summed E-state index contributed by atoms with van der Waals surface area (Å²) in [6.07, 6.45) is 7.76. The molecule has 1 fully saturated rings. The van der Waals surface area contributed by atoms with Crippen LogP contribution in [-0.4, -0.2) is 47.2 Å². The molecule has 0 spiro atoms. The summed E-state index contributed by atoms with van der Waals surface area (Å²) >= 11 is 0. The Morgan fingerprint density at radius 2 is 2.12 bits per heavy atom. The average molecular weight is 324 g/mol. The van der Waals surface area contributed by atoms with Gasteiger partial charge in [-0.1, -0.05) is 0 Å². The fourth-order valence-electron chi connectivity index (χ4n) is 3.61. The zero-order valence-electron chi connectivity index (χ0n) is 13.9. The molecule has 24 heavy (non-hydrogen) atoms. The van der Waals surface area contributed by atoms with Gasteiger partial charge in [-0.3, -0.25) is 4.98 Å². The molecule has 1 saturated heterocycles. The lowest BCUT2D eigenvalue weighted by Crippen LogP contribution is -2.43. The summed E-state index contributed by atoms with van der Waals surface area (Å²) in [6, 6.07) is 4.19. The van der Waals surface area contributed by atoms with Crippen molar-refractivity contribution >= 4 is 5.82 Å². The molecule has 0 bridgehead atoms. The molecule has 0 saturated carbocycles. The van der Waals surface area contributed by atoms with E-state index in [1.165, 1.54) is 11.3 Å². The number of hydrogen-bond acceptors (Lipinski definition) is 6. The van der Waals surface area contributed by atoms with Gasteiger partial charge in [0.15, 0.2) is 5.82 Å². The number of piperidine rings is 1. The molecule has 3 N–H and O–H groups in total. The monoisotopic (exact) mass is 324 g/mol. The second kappa shape index (κ2) is 6.83. The van der Waals surface area contributed by atoms with Crippen LogP contribution in [0.2, 0.25) is 0 Å². The number of anilines is 1. The Labute approximate surface area is 142 Å². The summed E-state index contributed by atoms with van der Waals surface area (Å²) < 4.78 is 0. The van der Waals surface area contributed by atoms with Crippen LogP contribution < -0.4 is 16.0 Å². The molecule has 2 aliphatic rings. The number of pyridine rings is 1. The molecule has 0 aliphatic carbocycles. The van der Waals surface area contributed by atoms with Crippen LogP contribution in [0.5, 0.6) is 0 Å². The molecule has 2 aromatic rings. The van der Waals surface area contributed by atoms with Gasteiger partial charge >= 0.3 is 0 Å². The molecular weight excluding hydrogens is 300 g/mol. The molecule has 2 aliphatic heterocycles. The number of nitrogens with one attached hydrogen (secondary N) is 1. The number of fused-ring (bicyclic) bond motifs is 1. The van der Waals surface area contributed by atoms with Crippen LogP contribution in [0.4, 0.5) is 5.82 Å². The Hall–Kier alpha value is -2.05. The summed E-state index contributed by atoms with van der Waals surface area (Å²) in [4.78, 5) is 16.4. The van der Waals surface area contributed by atoms with E-state index in [-0.39, 0.29) is 6.04 Å². The SMILES string of the molecule is NC1CCCN(c2nc(-c3cccnc3)nc3c2CCNCC3)C1. The molecule has 6 nitrogen and oxygen atoms in total. The van der Waals surface area contributed by atoms with Crippen molar-refractivity contribution in [1.82, 2.24) is 20.3 Å². The molecule has 4 heterocycles. The Morgan fingerprint density at radius 3 is 2.96 bits per heavy atom. The third kappa shape index (κ3) is 3.12. The lowest BCUT2D eigenvalue weighted by molar-refractivity contribution is 0.501. The van der Waals surface area contributed by atoms with Crippen LogP contribution in [0.1, 0.15) is 24.1 Å². The number of nitrogens with two attached hydrogens (primary N) is 1. The van der Waals surface area contributed by atoms with Crippen LogP contribution in [0.3, 0.4) is 0 Å². The zero-order chi connectivity index (χ0) is 16.4. The molecule has 126 valence electrons. The maximum atomic E-state index is 6.21. The molecule has 6 heteroatoms. The minimum absolute atomic E-state index is 0.232. The molecule has 0 aromatic carbocycles. The minimum atomic E-state index is 0.232. The molecule has 4 rings (SSSR count). The highest BCUT2D eigenvalue weighted by Crippen LogP contribution is 2.28. The fourth-order valence-corrected chi connectivity index (χ4v) is 3.61. The Bertz CT molecular complexity index is 702. The van der Waals surface area contributed by atoms with E-state index in [0.717, 1.165) is 69.1 Å². The summed E-state index contributed by atoms with van der Waals surface area (Å²) in [5, 5.41) is 3.47. The third-order valence-electron chi connectivity index (χ3n) is 4.84. The van der Waals surface area contributed by atoms with Gasteiger partial charge in [0.2, 0.25) is 0 Å². The highest BCUT2D eigenvalue weighted by molar-refractivity contribution is 5.60. The van der Waals surface area contributed by atoms with E-state index in [0.29, 0.717) is 0 Å². The lowest BCUT2D eigenvalue weighted by atomic mass is 10.0. The predicted molar refractivity (Wildman–Crippen MR) is 95.0 cm³/mol. The summed E-state index contributed by atoms with van der Waals surface area (Å²) in [5.74, 6) is 1.86. The summed E-state index contributed by atoms with van der Waals surface area (Å²) in [5.41, 5.74) is 9.65. The number of rotatable bonds is 2. The lowest BCUT2D eigenvalue weighted by Gasteiger charge is -2.33. The van der Waals surface area contributed by atoms with E-state index in [9.17, 15) is 0 Å². The van der Waals surface area contributed by atoms with Gasteiger partial charge in [-0.05, 0) is 37.9 Å². The standard InChI is InChI=1S/C18H24N6/c19-14-4-2-10-24(12-14)18-15-5-8-20-9-6-16(15)22-17(23-18)13-3-1-7-21-11-13/h1,3,7,11,14,20H,2,4-6,8-10,12,19H2. The molecule has 1 atom stereocenters. The quantitative estimate of drug-likeness (QED) is 0.863. The van der Waals surface area contributed by atoms with Gasteiger partial charge in [0.25, 0.3) is 0 Å². The van der Waals surface area contributed by atoms with E-state index in [4.69, 9.17) is 15.7 Å². The van der Waals surface area contributed by atoms with Crippen molar-refractivity contribution in [2.24, 2.45) is 5.73 Å². The van der Waals surface area contributed by atoms with Gasteiger partial charge in [-0.15, -0.1) is 0 Å². The van der Waals surface area contributed by atoms with Gasteiger partial charge in [-0.25, -0.2) is 9.97 Å². The van der Waals surface area contributed by atoms with Crippen LogP contribution in [0, 0.1) is 0 Å². The Balaban J connectivity index is 1.80. The number of aromatic nitrogens is 3. The van der Waals surface area contributed by atoms with E-state index in [2.05, 4.69) is 15.2 Å². The van der Waals surface area contributed by atoms with Crippen molar-refractivity contribution in [2.75, 3.05) is 31.1 Å². The van der Waals surface area contributed by atoms with Gasteiger partial charge < -0.3 is 16.0 Å². The van der Waals surface area contributed by atoms with Crippen LogP contribution in [0.25, 0.3) is 11.4 Å². The first-order valence-electron chi connectivity index (χ1n) is 8.82. The largest absolute Gasteiger partial charge is 0.355 e. The Morgan fingerprint density at radius 1 is 1.21 bits per heavy atom. The number of nitrogens with zero attached hydrogens (tertiary/aromatic N) is 4. The van der Waals surface area contributed by atoms with Crippen LogP contribution in [-0.2, 0) is 12.8 Å². The second-order valence-corrected chi connectivity index (χ2v) is 6.64. The van der Waals surface area contributed by atoms with Gasteiger partial charge in [-0.2, -0.15) is 0 Å². The van der Waals surface area contributed by atoms with E-state index >= 15 is 0 Å². The van der Waals surface area contributed by atoms with E-state index in [1.807, 2.05) is 18.3 Å². The molecule has 2 aromatic heterocycles. The smallest absolute Gasteiger partial charge is 0.163 e. The fraction of sp³-hybridized carbons (Fsp3) is 0.500. The number of hydrogen-bond donors (Lipinski definition) is 2. The first-order valence-corrected chi connectivity index (χ1v) is 8.82. The van der Waals surface area contributed by atoms with Crippen molar-refractivity contribution < 1.29 is 0 Å². The second-order valence-electron chi connectivity index (χ2n) is 6.64. The van der Waals surface area contributed by atoms with Crippen molar-refractivity contribution in [3.05, 3.63) is 35.8 Å². The third-order valence-corrected chi connectivity index (χ3v) is 4.84. The summed E-state index contributed by atoms with van der Waals surface area (Å²) in [6.45, 7) is 3.85. The van der Waals surface area contributed by atoms with E-state index < -0.39 is 0 Å². The van der Waals surface area contributed by atoms with Crippen LogP contribution >= 0.6 is 0 Å². The molecule has 0 radical (unpaired) electrons. The van der Waals surface area contributed by atoms with Gasteiger partial charge in [0, 0.05) is 55.6 Å². The Kier molecular flexibility index (Phi) is 4.40. The average Bonchev–Trinajstić information content (AvgIpc) is 2.87.